The third kappa shape index (κ3) is 5.50. The zero-order chi connectivity index (χ0) is 30.1. The summed E-state index contributed by atoms with van der Waals surface area (Å²) in [4.78, 5) is 29.8. The number of halogens is 1. The summed E-state index contributed by atoms with van der Waals surface area (Å²) < 4.78 is 18.8. The fraction of sp³-hybridized carbons (Fsp3) is 0.0938. The van der Waals surface area contributed by atoms with Crippen LogP contribution < -0.4 is 15.0 Å². The molecular formula is C32H23BrN4O6. The highest BCUT2D eigenvalue weighted by molar-refractivity contribution is 9.10. The first-order chi connectivity index (χ1) is 20.8. The number of furan rings is 1. The Labute approximate surface area is 253 Å². The van der Waals surface area contributed by atoms with Crippen molar-refractivity contribution in [2.45, 2.75) is 13.5 Å². The molecule has 11 heteroatoms. The monoisotopic (exact) mass is 638 g/mol. The Bertz CT molecular complexity index is 2100. The van der Waals surface area contributed by atoms with E-state index in [4.69, 9.17) is 13.9 Å². The van der Waals surface area contributed by atoms with E-state index in [-0.39, 0.29) is 23.9 Å². The molecule has 0 saturated carbocycles. The number of nitrogens with zero attached hydrogens (tertiary/aromatic N) is 4. The summed E-state index contributed by atoms with van der Waals surface area (Å²) in [5.74, 6) is 1.15. The minimum atomic E-state index is -0.524. The molecule has 0 aliphatic heterocycles. The first-order valence-electron chi connectivity index (χ1n) is 13.1. The number of nitro groups is 1. The van der Waals surface area contributed by atoms with Gasteiger partial charge < -0.3 is 13.9 Å². The maximum atomic E-state index is 13.6. The van der Waals surface area contributed by atoms with Gasteiger partial charge in [-0.1, -0.05) is 48.0 Å². The molecule has 0 aliphatic carbocycles. The molecule has 43 heavy (non-hydrogen) atoms. The maximum absolute atomic E-state index is 13.6. The van der Waals surface area contributed by atoms with Gasteiger partial charge in [0.2, 0.25) is 11.6 Å². The van der Waals surface area contributed by atoms with E-state index in [1.165, 1.54) is 12.3 Å². The van der Waals surface area contributed by atoms with Crippen LogP contribution >= 0.6 is 15.9 Å². The van der Waals surface area contributed by atoms with Crippen molar-refractivity contribution in [1.29, 1.82) is 0 Å². The highest BCUT2D eigenvalue weighted by Gasteiger charge is 2.21. The average molecular weight is 639 g/mol. The first-order valence-corrected chi connectivity index (χ1v) is 13.9. The first kappa shape index (κ1) is 27.9. The van der Waals surface area contributed by atoms with E-state index < -0.39 is 10.5 Å². The van der Waals surface area contributed by atoms with Crippen LogP contribution in [0.3, 0.4) is 0 Å². The molecule has 4 aromatic carbocycles. The van der Waals surface area contributed by atoms with E-state index >= 15 is 0 Å². The zero-order valence-electron chi connectivity index (χ0n) is 23.0. The van der Waals surface area contributed by atoms with E-state index in [1.54, 1.807) is 61.7 Å². The number of benzene rings is 4. The minimum Gasteiger partial charge on any atom is -0.496 e. The second-order valence-corrected chi connectivity index (χ2v) is 10.5. The number of para-hydroxylation sites is 1. The fourth-order valence-electron chi connectivity index (χ4n) is 4.63. The third-order valence-corrected chi connectivity index (χ3v) is 7.37. The van der Waals surface area contributed by atoms with Gasteiger partial charge in [-0.2, -0.15) is 9.78 Å². The Morgan fingerprint density at radius 3 is 2.60 bits per heavy atom. The minimum absolute atomic E-state index is 0.0872. The van der Waals surface area contributed by atoms with E-state index in [9.17, 15) is 14.9 Å². The van der Waals surface area contributed by atoms with Crippen LogP contribution in [0.25, 0.3) is 33.5 Å². The SMILES string of the molecule is COc1cccc2oc(-c3nc4ccccc4c(=O)n3N=Cc3cc(Br)c(OCc4ccc(C)cc4)c([N+](=O)[O-])c3)cc12. The highest BCUT2D eigenvalue weighted by Crippen LogP contribution is 2.37. The van der Waals surface area contributed by atoms with Crippen LogP contribution in [0.2, 0.25) is 0 Å². The highest BCUT2D eigenvalue weighted by atomic mass is 79.9. The molecule has 6 aromatic rings. The van der Waals surface area contributed by atoms with Gasteiger partial charge in [0.25, 0.3) is 5.56 Å². The van der Waals surface area contributed by atoms with Crippen molar-refractivity contribution < 1.29 is 18.8 Å². The van der Waals surface area contributed by atoms with Gasteiger partial charge in [0.05, 0.1) is 39.0 Å². The van der Waals surface area contributed by atoms with Crippen molar-refractivity contribution in [3.63, 3.8) is 0 Å². The molecule has 0 unspecified atom stereocenters. The summed E-state index contributed by atoms with van der Waals surface area (Å²) in [7, 11) is 1.56. The van der Waals surface area contributed by atoms with Crippen LogP contribution in [0, 0.1) is 17.0 Å². The number of aromatic nitrogens is 2. The number of hydrogen-bond donors (Lipinski definition) is 0. The molecule has 6 rings (SSSR count). The predicted molar refractivity (Wildman–Crippen MR) is 167 cm³/mol. The lowest BCUT2D eigenvalue weighted by Gasteiger charge is -2.10. The molecule has 0 saturated heterocycles. The molecular weight excluding hydrogens is 616 g/mol. The van der Waals surface area contributed by atoms with E-state index in [0.717, 1.165) is 15.8 Å². The molecule has 0 spiro atoms. The maximum Gasteiger partial charge on any atom is 0.312 e. The summed E-state index contributed by atoms with van der Waals surface area (Å²) in [6.07, 6.45) is 1.35. The molecule has 2 aromatic heterocycles. The van der Waals surface area contributed by atoms with Crippen LogP contribution in [-0.4, -0.2) is 27.9 Å². The lowest BCUT2D eigenvalue weighted by molar-refractivity contribution is -0.386. The van der Waals surface area contributed by atoms with E-state index in [0.29, 0.717) is 43.4 Å². The number of hydrogen-bond acceptors (Lipinski definition) is 8. The summed E-state index contributed by atoms with van der Waals surface area (Å²) in [6.45, 7) is 2.13. The van der Waals surface area contributed by atoms with Crippen LogP contribution in [0.5, 0.6) is 11.5 Å². The van der Waals surface area contributed by atoms with Gasteiger partial charge in [-0.05, 0) is 64.8 Å². The number of rotatable bonds is 8. The molecule has 214 valence electrons. The van der Waals surface area contributed by atoms with Crippen molar-refractivity contribution >= 4 is 49.7 Å². The fourth-order valence-corrected chi connectivity index (χ4v) is 5.21. The van der Waals surface area contributed by atoms with Crippen molar-refractivity contribution in [3.8, 4) is 23.1 Å². The van der Waals surface area contributed by atoms with Gasteiger partial charge in [-0.3, -0.25) is 14.9 Å². The molecule has 10 nitrogen and oxygen atoms in total. The van der Waals surface area contributed by atoms with Crippen LogP contribution in [-0.2, 0) is 6.61 Å². The molecule has 0 aliphatic rings. The summed E-state index contributed by atoms with van der Waals surface area (Å²) in [5.41, 5.74) is 2.66. The smallest absolute Gasteiger partial charge is 0.312 e. The summed E-state index contributed by atoms with van der Waals surface area (Å²) in [6, 6.07) is 24.7. The number of methoxy groups -OCH3 is 1. The number of fused-ring (bicyclic) bond motifs is 2. The van der Waals surface area contributed by atoms with E-state index in [1.807, 2.05) is 31.2 Å². The average Bonchev–Trinajstić information content (AvgIpc) is 3.45. The van der Waals surface area contributed by atoms with E-state index in [2.05, 4.69) is 26.0 Å². The van der Waals surface area contributed by atoms with Gasteiger partial charge in [0.15, 0.2) is 5.76 Å². The Hall–Kier alpha value is -5.29. The summed E-state index contributed by atoms with van der Waals surface area (Å²) >= 11 is 3.41. The van der Waals surface area contributed by atoms with Crippen molar-refractivity contribution in [1.82, 2.24) is 9.66 Å². The second-order valence-electron chi connectivity index (χ2n) is 9.68. The Morgan fingerprint density at radius 2 is 1.84 bits per heavy atom. The predicted octanol–water partition coefficient (Wildman–Crippen LogP) is 7.26. The lowest BCUT2D eigenvalue weighted by Crippen LogP contribution is -2.20. The van der Waals surface area contributed by atoms with Crippen molar-refractivity contribution in [2.75, 3.05) is 7.11 Å². The Kier molecular flexibility index (Phi) is 7.47. The number of ether oxygens (including phenoxy) is 2. The molecule has 2 heterocycles. The molecule has 0 N–H and O–H groups in total. The molecule has 0 bridgehead atoms. The zero-order valence-corrected chi connectivity index (χ0v) is 24.6. The van der Waals surface area contributed by atoms with Crippen LogP contribution in [0.15, 0.2) is 104 Å². The van der Waals surface area contributed by atoms with Crippen molar-refractivity contribution in [2.24, 2.45) is 5.10 Å². The number of aryl methyl sites for hydroxylation is 1. The van der Waals surface area contributed by atoms with Gasteiger partial charge in [-0.25, -0.2) is 4.98 Å². The van der Waals surface area contributed by atoms with Gasteiger partial charge in [0.1, 0.15) is 17.9 Å². The molecule has 0 fully saturated rings. The van der Waals surface area contributed by atoms with Crippen LogP contribution in [0.4, 0.5) is 5.69 Å². The normalized spacial score (nSPS) is 11.4. The number of nitro benzene ring substituents is 1. The topological polar surface area (TPSA) is 122 Å². The quantitative estimate of drug-likeness (QED) is 0.0976. The van der Waals surface area contributed by atoms with Gasteiger partial charge in [-0.15, -0.1) is 0 Å². The largest absolute Gasteiger partial charge is 0.496 e. The van der Waals surface area contributed by atoms with Crippen LogP contribution in [0.1, 0.15) is 16.7 Å². The molecule has 0 amide bonds. The molecule has 0 atom stereocenters. The van der Waals surface area contributed by atoms with Crippen molar-refractivity contribution in [3.05, 3.63) is 127 Å². The standard InChI is InChI=1S/C32H23BrN4O6/c1-19-10-12-20(13-11-19)18-42-30-24(33)14-21(15-26(30)37(39)40)17-34-36-31(35-25-7-4-3-6-22(25)32(36)38)29-16-23-27(41-2)8-5-9-28(23)43-29/h3-17H,18H2,1-2H3. The second kappa shape index (κ2) is 11.5. The third-order valence-electron chi connectivity index (χ3n) is 6.78. The van der Waals surface area contributed by atoms with Gasteiger partial charge in [0, 0.05) is 11.6 Å². The Morgan fingerprint density at radius 1 is 1.05 bits per heavy atom. The summed E-state index contributed by atoms with van der Waals surface area (Å²) in [5, 5.41) is 17.5. The molecule has 0 radical (unpaired) electrons. The van der Waals surface area contributed by atoms with Gasteiger partial charge >= 0.3 is 5.69 Å². The lowest BCUT2D eigenvalue weighted by atomic mass is 10.1. The Balaban J connectivity index is 1.42.